The van der Waals surface area contributed by atoms with Crippen molar-refractivity contribution in [3.8, 4) is 5.75 Å². The molecule has 1 N–H and O–H groups in total. The van der Waals surface area contributed by atoms with E-state index in [2.05, 4.69) is 17.1 Å². The van der Waals surface area contributed by atoms with E-state index in [4.69, 9.17) is 16.3 Å². The summed E-state index contributed by atoms with van der Waals surface area (Å²) in [5, 5.41) is 3.20. The summed E-state index contributed by atoms with van der Waals surface area (Å²) in [7, 11) is 2.04. The van der Waals surface area contributed by atoms with Crippen LogP contribution in [0.15, 0.2) is 42.5 Å². The van der Waals surface area contributed by atoms with Crippen LogP contribution in [-0.2, 0) is 0 Å². The van der Waals surface area contributed by atoms with Crippen LogP contribution in [0.1, 0.15) is 40.5 Å². The van der Waals surface area contributed by atoms with E-state index in [1.54, 1.807) is 36.4 Å². The maximum atomic E-state index is 12.8. The SMILES string of the molecule is CCCCOc1cccc(C(=O)Nc2cc(C(=O)N3CCN(C)CC3)ccc2Cl)c1. The Kier molecular flexibility index (Phi) is 7.71. The lowest BCUT2D eigenvalue weighted by Gasteiger charge is -2.32. The topological polar surface area (TPSA) is 61.9 Å². The fourth-order valence-corrected chi connectivity index (χ4v) is 3.37. The van der Waals surface area contributed by atoms with Crippen molar-refractivity contribution in [2.75, 3.05) is 45.2 Å². The van der Waals surface area contributed by atoms with Crippen molar-refractivity contribution in [2.24, 2.45) is 0 Å². The van der Waals surface area contributed by atoms with Crippen LogP contribution in [0.5, 0.6) is 5.75 Å². The summed E-state index contributed by atoms with van der Waals surface area (Å²) in [5.74, 6) is 0.296. The molecular weight excluding hydrogens is 402 g/mol. The minimum atomic E-state index is -0.304. The molecule has 0 spiro atoms. The molecule has 0 aliphatic carbocycles. The molecule has 0 bridgehead atoms. The molecule has 1 saturated heterocycles. The van der Waals surface area contributed by atoms with E-state index in [0.717, 1.165) is 25.9 Å². The molecule has 2 aromatic rings. The number of benzene rings is 2. The van der Waals surface area contributed by atoms with Crippen molar-refractivity contribution in [2.45, 2.75) is 19.8 Å². The summed E-state index contributed by atoms with van der Waals surface area (Å²) in [5.41, 5.74) is 1.39. The lowest BCUT2D eigenvalue weighted by Crippen LogP contribution is -2.47. The summed E-state index contributed by atoms with van der Waals surface area (Å²) in [4.78, 5) is 29.6. The number of hydrogen-bond donors (Lipinski definition) is 1. The quantitative estimate of drug-likeness (QED) is 0.671. The van der Waals surface area contributed by atoms with E-state index in [1.165, 1.54) is 0 Å². The van der Waals surface area contributed by atoms with Gasteiger partial charge in [0.1, 0.15) is 5.75 Å². The van der Waals surface area contributed by atoms with Crippen LogP contribution in [0.25, 0.3) is 0 Å². The average molecular weight is 430 g/mol. The Hall–Kier alpha value is -2.57. The predicted molar refractivity (Wildman–Crippen MR) is 120 cm³/mol. The number of nitrogens with one attached hydrogen (secondary N) is 1. The number of ether oxygens (including phenoxy) is 1. The maximum Gasteiger partial charge on any atom is 0.255 e. The maximum absolute atomic E-state index is 12.8. The zero-order valence-corrected chi connectivity index (χ0v) is 18.2. The second-order valence-electron chi connectivity index (χ2n) is 7.47. The molecule has 2 amide bonds. The molecule has 2 aromatic carbocycles. The molecule has 0 unspecified atom stereocenters. The molecular formula is C23H28ClN3O3. The fourth-order valence-electron chi connectivity index (χ4n) is 3.20. The normalized spacial score (nSPS) is 14.4. The second-order valence-corrected chi connectivity index (χ2v) is 7.88. The Morgan fingerprint density at radius 2 is 1.83 bits per heavy atom. The smallest absolute Gasteiger partial charge is 0.255 e. The molecule has 0 saturated carbocycles. The van der Waals surface area contributed by atoms with E-state index < -0.39 is 0 Å². The van der Waals surface area contributed by atoms with E-state index in [1.807, 2.05) is 18.0 Å². The van der Waals surface area contributed by atoms with Crippen LogP contribution >= 0.6 is 11.6 Å². The fraction of sp³-hybridized carbons (Fsp3) is 0.391. The van der Waals surface area contributed by atoms with Crippen molar-refractivity contribution in [3.63, 3.8) is 0 Å². The number of hydrogen-bond acceptors (Lipinski definition) is 4. The van der Waals surface area contributed by atoms with Gasteiger partial charge in [-0.2, -0.15) is 0 Å². The zero-order chi connectivity index (χ0) is 21.5. The Bertz CT molecular complexity index is 895. The molecule has 0 atom stereocenters. The monoisotopic (exact) mass is 429 g/mol. The summed E-state index contributed by atoms with van der Waals surface area (Å²) >= 11 is 6.28. The highest BCUT2D eigenvalue weighted by molar-refractivity contribution is 6.34. The van der Waals surface area contributed by atoms with Crippen molar-refractivity contribution in [1.29, 1.82) is 0 Å². The van der Waals surface area contributed by atoms with Crippen molar-refractivity contribution >= 4 is 29.1 Å². The van der Waals surface area contributed by atoms with E-state index in [9.17, 15) is 9.59 Å². The van der Waals surface area contributed by atoms with Crippen LogP contribution in [0.4, 0.5) is 5.69 Å². The van der Waals surface area contributed by atoms with Gasteiger partial charge in [-0.05, 0) is 49.9 Å². The third-order valence-electron chi connectivity index (χ3n) is 5.11. The minimum Gasteiger partial charge on any atom is -0.494 e. The number of nitrogens with zero attached hydrogens (tertiary/aromatic N) is 2. The van der Waals surface area contributed by atoms with E-state index in [0.29, 0.717) is 47.3 Å². The van der Waals surface area contributed by atoms with Crippen molar-refractivity contribution < 1.29 is 14.3 Å². The Morgan fingerprint density at radius 1 is 1.07 bits per heavy atom. The van der Waals surface area contributed by atoms with Crippen LogP contribution in [-0.4, -0.2) is 61.4 Å². The largest absolute Gasteiger partial charge is 0.494 e. The first kappa shape index (κ1) is 22.1. The Balaban J connectivity index is 1.70. The molecule has 30 heavy (non-hydrogen) atoms. The lowest BCUT2D eigenvalue weighted by molar-refractivity contribution is 0.0664. The van der Waals surface area contributed by atoms with Gasteiger partial charge in [0.05, 0.1) is 17.3 Å². The summed E-state index contributed by atoms with van der Waals surface area (Å²) in [6.45, 7) is 5.78. The predicted octanol–water partition coefficient (Wildman–Crippen LogP) is 4.16. The Morgan fingerprint density at radius 3 is 2.57 bits per heavy atom. The number of piperazine rings is 1. The summed E-state index contributed by atoms with van der Waals surface area (Å²) < 4.78 is 5.68. The van der Waals surface area contributed by atoms with Crippen LogP contribution in [0.3, 0.4) is 0 Å². The van der Waals surface area contributed by atoms with E-state index in [-0.39, 0.29) is 11.8 Å². The number of rotatable bonds is 7. The van der Waals surface area contributed by atoms with Gasteiger partial charge in [-0.15, -0.1) is 0 Å². The molecule has 0 aromatic heterocycles. The van der Waals surface area contributed by atoms with Crippen LogP contribution < -0.4 is 10.1 Å². The van der Waals surface area contributed by atoms with Gasteiger partial charge in [0.15, 0.2) is 0 Å². The van der Waals surface area contributed by atoms with Gasteiger partial charge in [-0.25, -0.2) is 0 Å². The first-order chi connectivity index (χ1) is 14.5. The summed E-state index contributed by atoms with van der Waals surface area (Å²) in [6.07, 6.45) is 2.00. The average Bonchev–Trinajstić information content (AvgIpc) is 2.76. The van der Waals surface area contributed by atoms with Crippen molar-refractivity contribution in [3.05, 3.63) is 58.6 Å². The third kappa shape index (κ3) is 5.74. The summed E-state index contributed by atoms with van der Waals surface area (Å²) in [6, 6.07) is 12.0. The van der Waals surface area contributed by atoms with Gasteiger partial charge in [0.2, 0.25) is 0 Å². The molecule has 1 fully saturated rings. The van der Waals surface area contributed by atoms with Gasteiger partial charge >= 0.3 is 0 Å². The molecule has 0 radical (unpaired) electrons. The third-order valence-corrected chi connectivity index (χ3v) is 5.44. The van der Waals surface area contributed by atoms with Gasteiger partial charge in [0.25, 0.3) is 11.8 Å². The lowest BCUT2D eigenvalue weighted by atomic mass is 10.1. The molecule has 7 heteroatoms. The van der Waals surface area contributed by atoms with Gasteiger partial charge in [0, 0.05) is 37.3 Å². The first-order valence-electron chi connectivity index (χ1n) is 10.3. The number of likely N-dealkylation sites (N-methyl/N-ethyl adjacent to an activating group) is 1. The first-order valence-corrected chi connectivity index (χ1v) is 10.7. The number of amides is 2. The molecule has 6 nitrogen and oxygen atoms in total. The van der Waals surface area contributed by atoms with E-state index >= 15 is 0 Å². The number of halogens is 1. The molecule has 160 valence electrons. The minimum absolute atomic E-state index is 0.0541. The van der Waals surface area contributed by atoms with Gasteiger partial charge < -0.3 is 19.9 Å². The number of unbranched alkanes of at least 4 members (excludes halogenated alkanes) is 1. The standard InChI is InChI=1S/C23H28ClN3O3/c1-3-4-14-30-19-7-5-6-17(15-19)22(28)25-21-16-18(8-9-20(21)24)23(29)27-12-10-26(2)11-13-27/h5-9,15-16H,3-4,10-14H2,1-2H3,(H,25,28). The highest BCUT2D eigenvalue weighted by atomic mass is 35.5. The van der Waals surface area contributed by atoms with Crippen LogP contribution in [0, 0.1) is 0 Å². The molecule has 1 heterocycles. The number of anilines is 1. The molecule has 3 rings (SSSR count). The highest BCUT2D eigenvalue weighted by Crippen LogP contribution is 2.25. The van der Waals surface area contributed by atoms with Gasteiger partial charge in [-0.3, -0.25) is 9.59 Å². The number of carbonyl (C=O) groups is 2. The van der Waals surface area contributed by atoms with Crippen LogP contribution in [0.2, 0.25) is 5.02 Å². The molecule has 1 aliphatic heterocycles. The van der Waals surface area contributed by atoms with Gasteiger partial charge in [-0.1, -0.05) is 31.0 Å². The second kappa shape index (κ2) is 10.5. The number of carbonyl (C=O) groups excluding carboxylic acids is 2. The highest BCUT2D eigenvalue weighted by Gasteiger charge is 2.21. The zero-order valence-electron chi connectivity index (χ0n) is 17.5. The molecule has 1 aliphatic rings. The van der Waals surface area contributed by atoms with Crippen molar-refractivity contribution in [1.82, 2.24) is 9.80 Å². The Labute approximate surface area is 182 Å².